The van der Waals surface area contributed by atoms with Gasteiger partial charge in [-0.25, -0.2) is 8.78 Å². The molecule has 18 heavy (non-hydrogen) atoms. The van der Waals surface area contributed by atoms with Gasteiger partial charge in [-0.1, -0.05) is 0 Å². The number of aryl methyl sites for hydroxylation is 1. The molecule has 1 fully saturated rings. The Morgan fingerprint density at radius 2 is 2.00 bits per heavy atom. The zero-order chi connectivity index (χ0) is 13.3. The Hall–Kier alpha value is -1.98. The number of carbonyl (C=O) groups is 2. The highest BCUT2D eigenvalue weighted by molar-refractivity contribution is 6.01. The molecule has 0 saturated carbocycles. The number of halogens is 2. The van der Waals surface area contributed by atoms with Crippen LogP contribution >= 0.6 is 0 Å². The van der Waals surface area contributed by atoms with Crippen molar-refractivity contribution in [3.8, 4) is 0 Å². The number of carbonyl (C=O) groups excluding carboxylic acids is 2. The smallest absolute Gasteiger partial charge is 0.249 e. The van der Waals surface area contributed by atoms with Crippen molar-refractivity contribution in [2.24, 2.45) is 0 Å². The maximum atomic E-state index is 13.6. The minimum absolute atomic E-state index is 0.0763. The van der Waals surface area contributed by atoms with Crippen molar-refractivity contribution in [3.63, 3.8) is 0 Å². The fourth-order valence-electron chi connectivity index (χ4n) is 1.78. The Morgan fingerprint density at radius 1 is 1.28 bits per heavy atom. The number of rotatable bonds is 2. The molecule has 6 heteroatoms. The van der Waals surface area contributed by atoms with Crippen molar-refractivity contribution < 1.29 is 18.4 Å². The highest BCUT2D eigenvalue weighted by Crippen LogP contribution is 2.21. The minimum atomic E-state index is -0.723. The standard InChI is InChI=1S/C12H12F2N2O2/c1-6-4-8(14)10(5-7(6)13)15-9-2-3-11(17)16-12(9)18/h4-5,9,15H,2-3H2,1H3,(H,16,17,18). The van der Waals surface area contributed by atoms with Gasteiger partial charge in [-0.15, -0.1) is 0 Å². The van der Waals surface area contributed by atoms with Crippen LogP contribution in [0.2, 0.25) is 0 Å². The highest BCUT2D eigenvalue weighted by atomic mass is 19.1. The van der Waals surface area contributed by atoms with Crippen molar-refractivity contribution in [1.82, 2.24) is 5.32 Å². The van der Waals surface area contributed by atoms with Gasteiger partial charge in [0.2, 0.25) is 11.8 Å². The van der Waals surface area contributed by atoms with E-state index in [2.05, 4.69) is 10.6 Å². The second-order valence-corrected chi connectivity index (χ2v) is 4.23. The Bertz CT molecular complexity index is 517. The third kappa shape index (κ3) is 2.47. The van der Waals surface area contributed by atoms with Crippen molar-refractivity contribution >= 4 is 17.5 Å². The largest absolute Gasteiger partial charge is 0.371 e. The molecule has 1 aliphatic rings. The molecule has 0 bridgehead atoms. The molecule has 4 nitrogen and oxygen atoms in total. The SMILES string of the molecule is Cc1cc(F)c(NC2CCC(=O)NC2=O)cc1F. The molecule has 1 heterocycles. The van der Waals surface area contributed by atoms with E-state index in [1.54, 1.807) is 0 Å². The summed E-state index contributed by atoms with van der Waals surface area (Å²) >= 11 is 0. The van der Waals surface area contributed by atoms with Crippen LogP contribution in [0, 0.1) is 18.6 Å². The predicted molar refractivity (Wildman–Crippen MR) is 60.9 cm³/mol. The summed E-state index contributed by atoms with van der Waals surface area (Å²) in [4.78, 5) is 22.4. The van der Waals surface area contributed by atoms with E-state index in [9.17, 15) is 18.4 Å². The second kappa shape index (κ2) is 4.72. The predicted octanol–water partition coefficient (Wildman–Crippen LogP) is 1.49. The van der Waals surface area contributed by atoms with E-state index in [1.165, 1.54) is 6.92 Å². The van der Waals surface area contributed by atoms with Gasteiger partial charge in [-0.2, -0.15) is 0 Å². The lowest BCUT2D eigenvalue weighted by molar-refractivity contribution is -0.133. The molecule has 2 N–H and O–H groups in total. The lowest BCUT2D eigenvalue weighted by Gasteiger charge is -2.23. The molecule has 0 spiro atoms. The molecule has 0 aromatic heterocycles. The number of hydrogen-bond donors (Lipinski definition) is 2. The number of imide groups is 1. The van der Waals surface area contributed by atoms with Gasteiger partial charge >= 0.3 is 0 Å². The van der Waals surface area contributed by atoms with Crippen LogP contribution in [0.4, 0.5) is 14.5 Å². The number of anilines is 1. The first-order valence-electron chi connectivity index (χ1n) is 5.53. The highest BCUT2D eigenvalue weighted by Gasteiger charge is 2.27. The van der Waals surface area contributed by atoms with E-state index >= 15 is 0 Å². The normalized spacial score (nSPS) is 19.6. The maximum Gasteiger partial charge on any atom is 0.249 e. The summed E-state index contributed by atoms with van der Waals surface area (Å²) in [7, 11) is 0. The van der Waals surface area contributed by atoms with E-state index in [4.69, 9.17) is 0 Å². The number of amides is 2. The molecule has 1 aliphatic heterocycles. The van der Waals surface area contributed by atoms with Crippen molar-refractivity contribution in [2.75, 3.05) is 5.32 Å². The van der Waals surface area contributed by atoms with Crippen LogP contribution in [-0.2, 0) is 9.59 Å². The minimum Gasteiger partial charge on any atom is -0.371 e. The van der Waals surface area contributed by atoms with E-state index in [1.807, 2.05) is 0 Å². The third-order valence-corrected chi connectivity index (χ3v) is 2.82. The topological polar surface area (TPSA) is 58.2 Å². The van der Waals surface area contributed by atoms with Gasteiger partial charge in [0.15, 0.2) is 0 Å². The monoisotopic (exact) mass is 254 g/mol. The quantitative estimate of drug-likeness (QED) is 0.786. The molecule has 96 valence electrons. The van der Waals surface area contributed by atoms with Gasteiger partial charge in [-0.3, -0.25) is 14.9 Å². The molecular weight excluding hydrogens is 242 g/mol. The maximum absolute atomic E-state index is 13.6. The van der Waals surface area contributed by atoms with E-state index < -0.39 is 23.6 Å². The van der Waals surface area contributed by atoms with Crippen molar-refractivity contribution in [3.05, 3.63) is 29.3 Å². The average Bonchev–Trinajstić information content (AvgIpc) is 2.29. The average molecular weight is 254 g/mol. The van der Waals surface area contributed by atoms with Gasteiger partial charge in [0.1, 0.15) is 17.7 Å². The summed E-state index contributed by atoms with van der Waals surface area (Å²) in [6.07, 6.45) is 0.443. The molecule has 1 atom stereocenters. The fraction of sp³-hybridized carbons (Fsp3) is 0.333. The van der Waals surface area contributed by atoms with Crippen LogP contribution in [0.3, 0.4) is 0 Å². The van der Waals surface area contributed by atoms with Gasteiger partial charge in [0, 0.05) is 12.5 Å². The summed E-state index contributed by atoms with van der Waals surface area (Å²) in [6.45, 7) is 1.45. The van der Waals surface area contributed by atoms with E-state index in [0.29, 0.717) is 0 Å². The molecule has 0 radical (unpaired) electrons. The molecule has 1 aromatic carbocycles. The molecule has 2 rings (SSSR count). The lowest BCUT2D eigenvalue weighted by atomic mass is 10.1. The summed E-state index contributed by atoms with van der Waals surface area (Å²) in [5.41, 5.74) is 0.119. The summed E-state index contributed by atoms with van der Waals surface area (Å²) < 4.78 is 26.9. The Kier molecular flexibility index (Phi) is 3.27. The van der Waals surface area contributed by atoms with Crippen molar-refractivity contribution in [2.45, 2.75) is 25.8 Å². The first-order valence-corrected chi connectivity index (χ1v) is 5.53. The van der Waals surface area contributed by atoms with Crippen LogP contribution in [0.1, 0.15) is 18.4 Å². The van der Waals surface area contributed by atoms with E-state index in [0.717, 1.165) is 12.1 Å². The van der Waals surface area contributed by atoms with Crippen LogP contribution in [0.15, 0.2) is 12.1 Å². The summed E-state index contributed by atoms with van der Waals surface area (Å²) in [6, 6.07) is 1.34. The number of nitrogens with one attached hydrogen (secondary N) is 2. The summed E-state index contributed by atoms with van der Waals surface area (Å²) in [5, 5.41) is 4.75. The van der Waals surface area contributed by atoms with Gasteiger partial charge in [-0.05, 0) is 25.0 Å². The first-order chi connectivity index (χ1) is 8.47. The van der Waals surface area contributed by atoms with Gasteiger partial charge in [0.05, 0.1) is 5.69 Å². The lowest BCUT2D eigenvalue weighted by Crippen LogP contribution is -2.47. The molecule has 2 amide bonds. The summed E-state index contributed by atoms with van der Waals surface area (Å²) in [5.74, 6) is -2.05. The Morgan fingerprint density at radius 3 is 2.67 bits per heavy atom. The van der Waals surface area contributed by atoms with Crippen LogP contribution < -0.4 is 10.6 Å². The number of piperidine rings is 1. The van der Waals surface area contributed by atoms with Crippen LogP contribution in [-0.4, -0.2) is 17.9 Å². The first kappa shape index (κ1) is 12.5. The molecule has 1 aromatic rings. The third-order valence-electron chi connectivity index (χ3n) is 2.82. The number of benzene rings is 1. The zero-order valence-electron chi connectivity index (χ0n) is 9.72. The Labute approximate surface area is 102 Å². The van der Waals surface area contributed by atoms with E-state index in [-0.39, 0.29) is 30.0 Å². The molecule has 1 saturated heterocycles. The number of hydrogen-bond acceptors (Lipinski definition) is 3. The zero-order valence-corrected chi connectivity index (χ0v) is 9.72. The van der Waals surface area contributed by atoms with Crippen LogP contribution in [0.25, 0.3) is 0 Å². The van der Waals surface area contributed by atoms with Gasteiger partial charge in [0.25, 0.3) is 0 Å². The second-order valence-electron chi connectivity index (χ2n) is 4.23. The fourth-order valence-corrected chi connectivity index (χ4v) is 1.78. The Balaban J connectivity index is 2.17. The van der Waals surface area contributed by atoms with Crippen molar-refractivity contribution in [1.29, 1.82) is 0 Å². The molecule has 1 unspecified atom stereocenters. The van der Waals surface area contributed by atoms with Crippen LogP contribution in [0.5, 0.6) is 0 Å². The van der Waals surface area contributed by atoms with Gasteiger partial charge < -0.3 is 5.32 Å². The molecular formula is C12H12F2N2O2. The molecule has 0 aliphatic carbocycles.